The molecule has 3 aromatic carbocycles. The van der Waals surface area contributed by atoms with Crippen molar-refractivity contribution in [3.8, 4) is 17.6 Å². The Labute approximate surface area is 357 Å². The van der Waals surface area contributed by atoms with E-state index in [9.17, 15) is 10.1 Å². The van der Waals surface area contributed by atoms with Gasteiger partial charge in [0.05, 0.1) is 46.1 Å². The fraction of sp³-hybridized carbons (Fsp3) is 0.489. The first kappa shape index (κ1) is 46.9. The van der Waals surface area contributed by atoms with Gasteiger partial charge in [-0.05, 0) is 92.8 Å². The smallest absolute Gasteiger partial charge is 0.380 e. The van der Waals surface area contributed by atoms with Crippen LogP contribution in [0.1, 0.15) is 71.6 Å². The van der Waals surface area contributed by atoms with Crippen LogP contribution in [0.4, 0.5) is 0 Å². The van der Waals surface area contributed by atoms with Gasteiger partial charge in [-0.25, -0.2) is 9.46 Å². The average molecular weight is 861 g/mol. The first-order chi connectivity index (χ1) is 28.6. The van der Waals surface area contributed by atoms with Crippen molar-refractivity contribution in [2.75, 3.05) is 27.4 Å². The molecule has 1 aromatic heterocycles. The van der Waals surface area contributed by atoms with Gasteiger partial charge in [0, 0.05) is 18.3 Å². The van der Waals surface area contributed by atoms with Crippen LogP contribution in [-0.4, -0.2) is 86.8 Å². The van der Waals surface area contributed by atoms with Crippen LogP contribution in [0.3, 0.4) is 0 Å². The second-order valence-corrected chi connectivity index (χ2v) is 22.8. The minimum absolute atomic E-state index is 0.0202. The Bertz CT molecular complexity index is 1980. The molecule has 0 amide bonds. The molecule has 0 N–H and O–H groups in total. The van der Waals surface area contributed by atoms with E-state index in [1.54, 1.807) is 20.3 Å². The monoisotopic (exact) mass is 860 g/mol. The predicted octanol–water partition coefficient (Wildman–Crippen LogP) is 8.47. The van der Waals surface area contributed by atoms with E-state index in [-0.39, 0.29) is 36.8 Å². The lowest BCUT2D eigenvalue weighted by atomic mass is 9.80. The maximum absolute atomic E-state index is 13.0. The Morgan fingerprint density at radius 2 is 1.43 bits per heavy atom. The van der Waals surface area contributed by atoms with Crippen molar-refractivity contribution in [1.82, 2.24) is 14.4 Å². The van der Waals surface area contributed by atoms with Crippen molar-refractivity contribution >= 4 is 16.8 Å². The van der Waals surface area contributed by atoms with E-state index < -0.39 is 52.7 Å². The Morgan fingerprint density at radius 1 is 0.867 bits per heavy atom. The molecule has 0 radical (unpaired) electrons. The average Bonchev–Trinajstić information content (AvgIpc) is 3.52. The molecule has 1 saturated heterocycles. The summed E-state index contributed by atoms with van der Waals surface area (Å²) in [6, 6.07) is 29.5. The number of methoxy groups -OCH3 is 2. The largest absolute Gasteiger partial charge is 0.497 e. The molecule has 0 bridgehead atoms. The lowest BCUT2D eigenvalue weighted by Gasteiger charge is -2.42. The third kappa shape index (κ3) is 10.8. The molecule has 0 spiro atoms. The van der Waals surface area contributed by atoms with Crippen LogP contribution in [0.2, 0.25) is 18.1 Å². The summed E-state index contributed by atoms with van der Waals surface area (Å²) in [5.41, 5.74) is 0.754. The SMILES string of the molecule is COc1ccc(C(OC[C@H]2O[C@@H](On3cccnc3=O)[C@H](O[Si](C)(C)C(C)(C)C)[C@@H]2OP(OCCC#N)N(C(C)C)C(C)C)(c2ccccc2)c2ccc(OC)cc2)cc1. The Morgan fingerprint density at radius 3 is 1.93 bits per heavy atom. The predicted molar refractivity (Wildman–Crippen MR) is 234 cm³/mol. The first-order valence-corrected chi connectivity index (χ1v) is 24.4. The molecule has 324 valence electrons. The number of benzene rings is 3. The number of hydrogen-bond donors (Lipinski definition) is 0. The molecule has 1 unspecified atom stereocenters. The molecular weight excluding hydrogens is 800 g/mol. The molecule has 0 saturated carbocycles. The molecule has 1 fully saturated rings. The van der Waals surface area contributed by atoms with Gasteiger partial charge in [0.15, 0.2) is 8.32 Å². The number of ether oxygens (including phenoxy) is 4. The normalized spacial score (nSPS) is 19.1. The fourth-order valence-corrected chi connectivity index (χ4v) is 9.94. The van der Waals surface area contributed by atoms with Gasteiger partial charge in [-0.1, -0.05) is 75.4 Å². The van der Waals surface area contributed by atoms with Gasteiger partial charge in [0.2, 0.25) is 0 Å². The van der Waals surface area contributed by atoms with E-state index in [0.717, 1.165) is 21.4 Å². The summed E-state index contributed by atoms with van der Waals surface area (Å²) < 4.78 is 49.5. The summed E-state index contributed by atoms with van der Waals surface area (Å²) in [5, 5.41) is 9.28. The van der Waals surface area contributed by atoms with Gasteiger partial charge in [0.25, 0.3) is 14.8 Å². The van der Waals surface area contributed by atoms with Crippen LogP contribution >= 0.6 is 8.53 Å². The third-order valence-corrected chi connectivity index (χ3v) is 17.5. The highest BCUT2D eigenvalue weighted by molar-refractivity contribution is 7.44. The molecule has 5 rings (SSSR count). The number of rotatable bonds is 20. The van der Waals surface area contributed by atoms with Gasteiger partial charge >= 0.3 is 5.69 Å². The van der Waals surface area contributed by atoms with E-state index in [1.165, 1.54) is 12.4 Å². The van der Waals surface area contributed by atoms with E-state index in [2.05, 4.69) is 77.3 Å². The third-order valence-electron chi connectivity index (χ3n) is 10.9. The molecule has 4 aromatic rings. The Balaban J connectivity index is 1.70. The summed E-state index contributed by atoms with van der Waals surface area (Å²) in [6.45, 7) is 19.2. The van der Waals surface area contributed by atoms with E-state index in [4.69, 9.17) is 37.3 Å². The summed E-state index contributed by atoms with van der Waals surface area (Å²) in [4.78, 5) is 23.3. The maximum Gasteiger partial charge on any atom is 0.380 e. The van der Waals surface area contributed by atoms with E-state index >= 15 is 0 Å². The molecule has 15 heteroatoms. The molecule has 0 aliphatic carbocycles. The van der Waals surface area contributed by atoms with Crippen LogP contribution in [0.15, 0.2) is 102 Å². The fourth-order valence-electron chi connectivity index (χ4n) is 6.90. The summed E-state index contributed by atoms with van der Waals surface area (Å²) in [7, 11) is -1.13. The number of nitrogens with zero attached hydrogens (tertiary/aromatic N) is 4. The standard InChI is InChI=1S/C45H61N4O9PSi/c1-32(2)49(33(3)4)59(54-30-15-27-46)57-40-39(55-42(56-48-29-16-28-47-43(48)50)41(40)58-60(10,11)44(5,6)7)31-53-45(34-17-13-12-14-18-34,35-19-23-37(51-8)24-20-35)36-21-25-38(52-9)26-22-36/h12-14,16-26,28-29,32-33,39-42H,15,30-31H2,1-11H3/t39-,40-,41-,42+,59?/m1/s1. The van der Waals surface area contributed by atoms with Crippen molar-refractivity contribution in [2.45, 2.75) is 115 Å². The van der Waals surface area contributed by atoms with Crippen molar-refractivity contribution in [3.05, 3.63) is 124 Å². The zero-order valence-electron chi connectivity index (χ0n) is 36.7. The molecule has 2 heterocycles. The van der Waals surface area contributed by atoms with Gasteiger partial charge in [-0.3, -0.25) is 0 Å². The number of nitriles is 1. The number of aromatic nitrogens is 2. The second-order valence-electron chi connectivity index (χ2n) is 16.7. The Kier molecular flexibility index (Phi) is 16.1. The second kappa shape index (κ2) is 20.6. The highest BCUT2D eigenvalue weighted by atomic mass is 31.2. The topological polar surface area (TPSA) is 136 Å². The van der Waals surface area contributed by atoms with E-state index in [0.29, 0.717) is 11.5 Å². The van der Waals surface area contributed by atoms with Crippen LogP contribution < -0.4 is 20.0 Å². The lowest BCUT2D eigenvalue weighted by molar-refractivity contribution is -0.178. The van der Waals surface area contributed by atoms with Crippen LogP contribution in [0, 0.1) is 11.3 Å². The van der Waals surface area contributed by atoms with Crippen LogP contribution in [-0.2, 0) is 28.5 Å². The highest BCUT2D eigenvalue weighted by Crippen LogP contribution is 2.51. The van der Waals surface area contributed by atoms with Gasteiger partial charge in [-0.15, -0.1) is 4.73 Å². The van der Waals surface area contributed by atoms with Crippen LogP contribution in [0.5, 0.6) is 11.5 Å². The van der Waals surface area contributed by atoms with Crippen LogP contribution in [0.25, 0.3) is 0 Å². The van der Waals surface area contributed by atoms with Crippen molar-refractivity contribution in [2.24, 2.45) is 0 Å². The molecular formula is C45H61N4O9PSi. The van der Waals surface area contributed by atoms with Gasteiger partial charge in [-0.2, -0.15) is 10.2 Å². The molecule has 1 aliphatic rings. The van der Waals surface area contributed by atoms with Gasteiger partial charge < -0.3 is 37.3 Å². The molecule has 13 nitrogen and oxygen atoms in total. The molecule has 5 atom stereocenters. The molecule has 60 heavy (non-hydrogen) atoms. The summed E-state index contributed by atoms with van der Waals surface area (Å²) in [6.07, 6.45) is -0.577. The molecule has 1 aliphatic heterocycles. The minimum atomic E-state index is -2.60. The van der Waals surface area contributed by atoms with Crippen molar-refractivity contribution in [3.63, 3.8) is 0 Å². The minimum Gasteiger partial charge on any atom is -0.497 e. The van der Waals surface area contributed by atoms with Crippen molar-refractivity contribution in [1.29, 1.82) is 5.26 Å². The number of hydrogen-bond acceptors (Lipinski definition) is 12. The maximum atomic E-state index is 13.0. The lowest BCUT2D eigenvalue weighted by Crippen LogP contribution is -2.52. The van der Waals surface area contributed by atoms with Crippen molar-refractivity contribution < 1.29 is 37.3 Å². The Hall–Kier alpha value is -4.16. The first-order valence-electron chi connectivity index (χ1n) is 20.3. The summed E-state index contributed by atoms with van der Waals surface area (Å²) >= 11 is 0. The quantitative estimate of drug-likeness (QED) is 0.0365. The zero-order chi connectivity index (χ0) is 43.7. The zero-order valence-corrected chi connectivity index (χ0v) is 38.6. The summed E-state index contributed by atoms with van der Waals surface area (Å²) in [5.74, 6) is 1.40. The van der Waals surface area contributed by atoms with E-state index in [1.807, 2.05) is 78.9 Å². The highest BCUT2D eigenvalue weighted by Gasteiger charge is 2.55. The van der Waals surface area contributed by atoms with Gasteiger partial charge in [0.1, 0.15) is 35.4 Å².